The van der Waals surface area contributed by atoms with Gasteiger partial charge in [-0.3, -0.25) is 4.79 Å². The Kier molecular flexibility index (Phi) is 5.20. The van der Waals surface area contributed by atoms with Gasteiger partial charge in [0.2, 0.25) is 5.91 Å². The van der Waals surface area contributed by atoms with Gasteiger partial charge < -0.3 is 10.6 Å². The first-order valence-corrected chi connectivity index (χ1v) is 8.59. The molecule has 1 amide bonds. The smallest absolute Gasteiger partial charge is 0.376 e. The predicted molar refractivity (Wildman–Crippen MR) is 93.0 cm³/mol. The summed E-state index contributed by atoms with van der Waals surface area (Å²) in [5, 5.41) is 9.79. The molecule has 0 spiro atoms. The lowest BCUT2D eigenvalue weighted by Gasteiger charge is -2.15. The van der Waals surface area contributed by atoms with E-state index in [2.05, 4.69) is 15.7 Å². The average Bonchev–Trinajstić information content (AvgIpc) is 3.24. The number of hydrogen-bond donors (Lipinski definition) is 2. The fourth-order valence-corrected chi connectivity index (χ4v) is 3.26. The SMILES string of the molecule is Cc1ccc(NCC(=O)Nc2ccnn2C2CCCC2)cc1C(F)(F)F. The van der Waals surface area contributed by atoms with Gasteiger partial charge in [-0.2, -0.15) is 18.3 Å². The summed E-state index contributed by atoms with van der Waals surface area (Å²) in [6, 6.07) is 5.95. The number of aromatic nitrogens is 2. The molecule has 3 rings (SSSR count). The second-order valence-corrected chi connectivity index (χ2v) is 6.53. The largest absolute Gasteiger partial charge is 0.416 e. The van der Waals surface area contributed by atoms with E-state index >= 15 is 0 Å². The number of rotatable bonds is 5. The Labute approximate surface area is 149 Å². The van der Waals surface area contributed by atoms with Crippen molar-refractivity contribution in [1.82, 2.24) is 9.78 Å². The highest BCUT2D eigenvalue weighted by Gasteiger charge is 2.32. The van der Waals surface area contributed by atoms with Crippen LogP contribution in [0.5, 0.6) is 0 Å². The van der Waals surface area contributed by atoms with Crippen LogP contribution in [-0.2, 0) is 11.0 Å². The Morgan fingerprint density at radius 1 is 1.27 bits per heavy atom. The molecule has 0 bridgehead atoms. The average molecular weight is 366 g/mol. The van der Waals surface area contributed by atoms with Gasteiger partial charge in [-0.1, -0.05) is 18.9 Å². The van der Waals surface area contributed by atoms with Crippen molar-refractivity contribution in [2.45, 2.75) is 44.8 Å². The number of nitrogens with one attached hydrogen (secondary N) is 2. The third kappa shape index (κ3) is 4.17. The molecule has 1 saturated carbocycles. The first-order chi connectivity index (χ1) is 12.3. The molecule has 2 aromatic rings. The van der Waals surface area contributed by atoms with Crippen molar-refractivity contribution < 1.29 is 18.0 Å². The Bertz CT molecular complexity index is 779. The standard InChI is InChI=1S/C18H21F3N4O/c1-12-6-7-13(10-15(12)18(19,20)21)22-11-17(26)24-16-8-9-23-25(16)14-4-2-3-5-14/h6-10,14,22H,2-5,11H2,1H3,(H,24,26). The number of halogens is 3. The van der Waals surface area contributed by atoms with Gasteiger partial charge in [-0.05, 0) is 37.5 Å². The third-order valence-electron chi connectivity index (χ3n) is 4.60. The molecule has 1 aromatic carbocycles. The van der Waals surface area contributed by atoms with Gasteiger partial charge in [0.25, 0.3) is 0 Å². The lowest BCUT2D eigenvalue weighted by atomic mass is 10.1. The number of aryl methyl sites for hydroxylation is 1. The summed E-state index contributed by atoms with van der Waals surface area (Å²) in [5.74, 6) is 0.280. The highest BCUT2D eigenvalue weighted by molar-refractivity contribution is 5.93. The van der Waals surface area contributed by atoms with Crippen molar-refractivity contribution in [1.29, 1.82) is 0 Å². The van der Waals surface area contributed by atoms with Crippen molar-refractivity contribution in [3.8, 4) is 0 Å². The van der Waals surface area contributed by atoms with Crippen LogP contribution in [-0.4, -0.2) is 22.2 Å². The Morgan fingerprint density at radius 2 is 2.00 bits per heavy atom. The molecule has 0 unspecified atom stereocenters. The summed E-state index contributed by atoms with van der Waals surface area (Å²) in [5.41, 5.74) is -0.308. The fraction of sp³-hybridized carbons (Fsp3) is 0.444. The minimum absolute atomic E-state index is 0.129. The number of benzene rings is 1. The summed E-state index contributed by atoms with van der Waals surface area (Å²) >= 11 is 0. The van der Waals surface area contributed by atoms with Crippen molar-refractivity contribution in [3.63, 3.8) is 0 Å². The van der Waals surface area contributed by atoms with E-state index in [1.54, 1.807) is 12.3 Å². The highest BCUT2D eigenvalue weighted by Crippen LogP contribution is 2.33. The molecule has 1 heterocycles. The lowest BCUT2D eigenvalue weighted by molar-refractivity contribution is -0.138. The van der Waals surface area contributed by atoms with Gasteiger partial charge in [0, 0.05) is 11.8 Å². The van der Waals surface area contributed by atoms with E-state index in [0.29, 0.717) is 11.9 Å². The normalized spacial score (nSPS) is 15.2. The molecule has 1 aliphatic carbocycles. The van der Waals surface area contributed by atoms with Crippen LogP contribution in [0.15, 0.2) is 30.5 Å². The molecule has 5 nitrogen and oxygen atoms in total. The molecule has 8 heteroatoms. The topological polar surface area (TPSA) is 59.0 Å². The third-order valence-corrected chi connectivity index (χ3v) is 4.60. The highest BCUT2D eigenvalue weighted by atomic mass is 19.4. The second-order valence-electron chi connectivity index (χ2n) is 6.53. The van der Waals surface area contributed by atoms with Crippen LogP contribution in [0.2, 0.25) is 0 Å². The summed E-state index contributed by atoms with van der Waals surface area (Å²) in [6.07, 6.45) is 1.58. The van der Waals surface area contributed by atoms with Crippen LogP contribution in [0.4, 0.5) is 24.7 Å². The quantitative estimate of drug-likeness (QED) is 0.826. The van der Waals surface area contributed by atoms with E-state index in [0.717, 1.165) is 31.7 Å². The van der Waals surface area contributed by atoms with Crippen molar-refractivity contribution in [2.24, 2.45) is 0 Å². The van der Waals surface area contributed by atoms with Gasteiger partial charge in [-0.25, -0.2) is 4.68 Å². The molecule has 2 N–H and O–H groups in total. The number of nitrogens with zero attached hydrogens (tertiary/aromatic N) is 2. The van der Waals surface area contributed by atoms with E-state index in [-0.39, 0.29) is 23.7 Å². The summed E-state index contributed by atoms with van der Waals surface area (Å²) in [4.78, 5) is 12.2. The molecule has 0 saturated heterocycles. The maximum Gasteiger partial charge on any atom is 0.416 e. The molecule has 1 aliphatic rings. The zero-order chi connectivity index (χ0) is 18.7. The number of anilines is 2. The van der Waals surface area contributed by atoms with E-state index < -0.39 is 11.7 Å². The van der Waals surface area contributed by atoms with Crippen LogP contribution in [0.3, 0.4) is 0 Å². The van der Waals surface area contributed by atoms with E-state index in [1.807, 2.05) is 4.68 Å². The minimum atomic E-state index is -4.42. The van der Waals surface area contributed by atoms with Gasteiger partial charge in [0.05, 0.1) is 24.3 Å². The predicted octanol–water partition coefficient (Wildman–Crippen LogP) is 4.38. The zero-order valence-electron chi connectivity index (χ0n) is 14.4. The molecular formula is C18H21F3N4O. The summed E-state index contributed by atoms with van der Waals surface area (Å²) < 4.78 is 40.7. The zero-order valence-corrected chi connectivity index (χ0v) is 14.4. The Hall–Kier alpha value is -2.51. The monoisotopic (exact) mass is 366 g/mol. The maximum atomic E-state index is 13.0. The number of amides is 1. The van der Waals surface area contributed by atoms with Crippen molar-refractivity contribution in [2.75, 3.05) is 17.2 Å². The minimum Gasteiger partial charge on any atom is -0.376 e. The van der Waals surface area contributed by atoms with E-state index in [1.165, 1.54) is 19.1 Å². The van der Waals surface area contributed by atoms with Gasteiger partial charge in [0.1, 0.15) is 5.82 Å². The van der Waals surface area contributed by atoms with E-state index in [4.69, 9.17) is 0 Å². The number of carbonyl (C=O) groups is 1. The first kappa shape index (κ1) is 18.3. The molecule has 0 radical (unpaired) electrons. The van der Waals surface area contributed by atoms with Crippen LogP contribution in [0.1, 0.15) is 42.9 Å². The Morgan fingerprint density at radius 3 is 2.69 bits per heavy atom. The molecule has 26 heavy (non-hydrogen) atoms. The maximum absolute atomic E-state index is 13.0. The van der Waals surface area contributed by atoms with Gasteiger partial charge in [0.15, 0.2) is 0 Å². The van der Waals surface area contributed by atoms with E-state index in [9.17, 15) is 18.0 Å². The number of hydrogen-bond acceptors (Lipinski definition) is 3. The molecule has 0 aliphatic heterocycles. The molecular weight excluding hydrogens is 345 g/mol. The summed E-state index contributed by atoms with van der Waals surface area (Å²) in [6.45, 7) is 1.28. The molecule has 1 aromatic heterocycles. The first-order valence-electron chi connectivity index (χ1n) is 8.59. The molecule has 1 fully saturated rings. The fourth-order valence-electron chi connectivity index (χ4n) is 3.26. The number of alkyl halides is 3. The Balaban J connectivity index is 1.61. The van der Waals surface area contributed by atoms with Crippen LogP contribution in [0.25, 0.3) is 0 Å². The molecule has 140 valence electrons. The van der Waals surface area contributed by atoms with Crippen LogP contribution < -0.4 is 10.6 Å². The van der Waals surface area contributed by atoms with Crippen LogP contribution >= 0.6 is 0 Å². The van der Waals surface area contributed by atoms with Gasteiger partial charge in [-0.15, -0.1) is 0 Å². The van der Waals surface area contributed by atoms with Gasteiger partial charge >= 0.3 is 6.18 Å². The number of carbonyl (C=O) groups excluding carboxylic acids is 1. The lowest BCUT2D eigenvalue weighted by Crippen LogP contribution is -2.24. The van der Waals surface area contributed by atoms with Crippen molar-refractivity contribution >= 4 is 17.4 Å². The summed E-state index contributed by atoms with van der Waals surface area (Å²) in [7, 11) is 0. The van der Waals surface area contributed by atoms with Crippen LogP contribution in [0, 0.1) is 6.92 Å². The molecule has 0 atom stereocenters. The van der Waals surface area contributed by atoms with Crippen molar-refractivity contribution in [3.05, 3.63) is 41.6 Å². The second kappa shape index (κ2) is 7.39.